The van der Waals surface area contributed by atoms with Crippen molar-refractivity contribution in [1.82, 2.24) is 4.90 Å². The molecule has 6 heteroatoms. The van der Waals surface area contributed by atoms with Gasteiger partial charge in [0.2, 0.25) is 0 Å². The van der Waals surface area contributed by atoms with Gasteiger partial charge in [0.15, 0.2) is 0 Å². The summed E-state index contributed by atoms with van der Waals surface area (Å²) in [7, 11) is 0. The molecule has 1 aromatic carbocycles. The van der Waals surface area contributed by atoms with Gasteiger partial charge in [-0.2, -0.15) is 5.26 Å². The molecule has 0 saturated heterocycles. The molecule has 6 nitrogen and oxygen atoms in total. The minimum absolute atomic E-state index is 0.0857. The molecule has 0 saturated carbocycles. The first-order chi connectivity index (χ1) is 11.4. The van der Waals surface area contributed by atoms with E-state index in [2.05, 4.69) is 37.2 Å². The minimum atomic E-state index is -0.503. The fraction of sp³-hybridized carbons (Fsp3) is 0.389. The second-order valence-corrected chi connectivity index (χ2v) is 5.82. The van der Waals surface area contributed by atoms with Gasteiger partial charge in [0.25, 0.3) is 5.69 Å². The predicted octanol–water partition coefficient (Wildman–Crippen LogP) is 3.58. The number of nitriles is 1. The summed E-state index contributed by atoms with van der Waals surface area (Å²) >= 11 is 0. The lowest BCUT2D eigenvalue weighted by atomic mass is 10.0. The second-order valence-electron chi connectivity index (χ2n) is 5.82. The highest BCUT2D eigenvalue weighted by atomic mass is 16.6. The maximum atomic E-state index is 10.8. The number of non-ortho nitro benzene ring substituents is 1. The van der Waals surface area contributed by atoms with E-state index >= 15 is 0 Å². The Hall–Kier alpha value is -2.65. The predicted molar refractivity (Wildman–Crippen MR) is 96.9 cm³/mol. The third kappa shape index (κ3) is 5.21. The number of nitro groups is 1. The topological polar surface area (TPSA) is 82.2 Å². The van der Waals surface area contributed by atoms with Crippen molar-refractivity contribution in [1.29, 1.82) is 5.26 Å². The molecule has 0 aromatic heterocycles. The number of hydrogen-bond donors (Lipinski definition) is 1. The highest BCUT2D eigenvalue weighted by molar-refractivity contribution is 5.61. The molecule has 1 atom stereocenters. The van der Waals surface area contributed by atoms with Gasteiger partial charge in [-0.05, 0) is 12.0 Å². The fourth-order valence-electron chi connectivity index (χ4n) is 2.57. The molecule has 0 aliphatic carbocycles. The molecule has 0 unspecified atom stereocenters. The molecule has 0 heterocycles. The standard InChI is InChI=1S/C18H24N4O2/c1-5-9-21(10-6-2)18(14(3)4)13-20-17-8-7-16(22(23)24)11-15(17)12-19/h5-8,11,14,18,20H,1-2,9-10,13H2,3-4H3/t18-/m1/s1. The fourth-order valence-corrected chi connectivity index (χ4v) is 2.57. The van der Waals surface area contributed by atoms with E-state index in [1.54, 1.807) is 6.07 Å². The quantitative estimate of drug-likeness (QED) is 0.403. The lowest BCUT2D eigenvalue weighted by Gasteiger charge is -2.33. The van der Waals surface area contributed by atoms with Gasteiger partial charge in [-0.3, -0.25) is 15.0 Å². The molecule has 1 N–H and O–H groups in total. The number of anilines is 1. The molecular weight excluding hydrogens is 304 g/mol. The van der Waals surface area contributed by atoms with Crippen molar-refractivity contribution in [2.75, 3.05) is 25.0 Å². The first-order valence-electron chi connectivity index (χ1n) is 7.82. The Morgan fingerprint density at radius 2 is 2.00 bits per heavy atom. The Morgan fingerprint density at radius 3 is 2.46 bits per heavy atom. The molecule has 24 heavy (non-hydrogen) atoms. The van der Waals surface area contributed by atoms with Crippen LogP contribution in [0.5, 0.6) is 0 Å². The van der Waals surface area contributed by atoms with Crippen LogP contribution in [0.2, 0.25) is 0 Å². The minimum Gasteiger partial charge on any atom is -0.382 e. The lowest BCUT2D eigenvalue weighted by Crippen LogP contribution is -2.43. The smallest absolute Gasteiger partial charge is 0.270 e. The number of nitro benzene ring substituents is 1. The van der Waals surface area contributed by atoms with Crippen LogP contribution in [0.25, 0.3) is 0 Å². The first-order valence-corrected chi connectivity index (χ1v) is 7.82. The van der Waals surface area contributed by atoms with E-state index < -0.39 is 4.92 Å². The van der Waals surface area contributed by atoms with Gasteiger partial charge in [-0.1, -0.05) is 26.0 Å². The molecule has 1 aromatic rings. The van der Waals surface area contributed by atoms with Crippen molar-refractivity contribution in [2.24, 2.45) is 5.92 Å². The van der Waals surface area contributed by atoms with Crippen LogP contribution in [0, 0.1) is 27.4 Å². The van der Waals surface area contributed by atoms with Crippen LogP contribution in [0.15, 0.2) is 43.5 Å². The zero-order chi connectivity index (χ0) is 18.1. The molecule has 0 radical (unpaired) electrons. The number of hydrogen-bond acceptors (Lipinski definition) is 5. The van der Waals surface area contributed by atoms with Crippen LogP contribution in [0.1, 0.15) is 19.4 Å². The van der Waals surface area contributed by atoms with E-state index in [1.807, 2.05) is 18.2 Å². The van der Waals surface area contributed by atoms with Gasteiger partial charge < -0.3 is 5.32 Å². The number of rotatable bonds is 10. The van der Waals surface area contributed by atoms with Crippen LogP contribution < -0.4 is 5.32 Å². The highest BCUT2D eigenvalue weighted by Crippen LogP contribution is 2.22. The summed E-state index contributed by atoms with van der Waals surface area (Å²) in [5.74, 6) is 0.376. The molecule has 0 amide bonds. The molecule has 0 spiro atoms. The zero-order valence-electron chi connectivity index (χ0n) is 14.2. The van der Waals surface area contributed by atoms with Gasteiger partial charge in [-0.25, -0.2) is 0 Å². The van der Waals surface area contributed by atoms with Crippen LogP contribution in [0.4, 0.5) is 11.4 Å². The third-order valence-electron chi connectivity index (χ3n) is 3.80. The monoisotopic (exact) mass is 328 g/mol. The van der Waals surface area contributed by atoms with Crippen molar-refractivity contribution in [3.8, 4) is 6.07 Å². The molecule has 0 aliphatic heterocycles. The van der Waals surface area contributed by atoms with E-state index in [1.165, 1.54) is 12.1 Å². The SMILES string of the molecule is C=CCN(CC=C)[C@H](CNc1ccc([N+](=O)[O-])cc1C#N)C(C)C. The summed E-state index contributed by atoms with van der Waals surface area (Å²) < 4.78 is 0. The molecule has 128 valence electrons. The van der Waals surface area contributed by atoms with E-state index in [0.717, 1.165) is 13.1 Å². The first kappa shape index (κ1) is 19.4. The van der Waals surface area contributed by atoms with Crippen molar-refractivity contribution < 1.29 is 4.92 Å². The molecular formula is C18H24N4O2. The number of nitrogens with one attached hydrogen (secondary N) is 1. The largest absolute Gasteiger partial charge is 0.382 e. The Labute approximate surface area is 143 Å². The number of benzene rings is 1. The van der Waals surface area contributed by atoms with Crippen LogP contribution in [-0.4, -0.2) is 35.5 Å². The molecule has 1 rings (SSSR count). The summed E-state index contributed by atoms with van der Waals surface area (Å²) in [6, 6.07) is 6.50. The van der Waals surface area contributed by atoms with E-state index in [-0.39, 0.29) is 17.3 Å². The average molecular weight is 328 g/mol. The third-order valence-corrected chi connectivity index (χ3v) is 3.80. The Morgan fingerprint density at radius 1 is 1.38 bits per heavy atom. The van der Waals surface area contributed by atoms with Crippen LogP contribution in [-0.2, 0) is 0 Å². The van der Waals surface area contributed by atoms with Crippen molar-refractivity contribution >= 4 is 11.4 Å². The lowest BCUT2D eigenvalue weighted by molar-refractivity contribution is -0.384. The second kappa shape index (κ2) is 9.48. The van der Waals surface area contributed by atoms with Gasteiger partial charge in [0.05, 0.1) is 16.2 Å². The van der Waals surface area contributed by atoms with E-state index in [4.69, 9.17) is 0 Å². The summed E-state index contributed by atoms with van der Waals surface area (Å²) in [6.07, 6.45) is 3.71. The molecule has 0 fully saturated rings. The highest BCUT2D eigenvalue weighted by Gasteiger charge is 2.20. The summed E-state index contributed by atoms with van der Waals surface area (Å²) in [6.45, 7) is 13.9. The van der Waals surface area contributed by atoms with Crippen LogP contribution >= 0.6 is 0 Å². The Bertz CT molecular complexity index is 624. The van der Waals surface area contributed by atoms with Gasteiger partial charge in [-0.15, -0.1) is 13.2 Å². The summed E-state index contributed by atoms with van der Waals surface area (Å²) in [4.78, 5) is 12.6. The van der Waals surface area contributed by atoms with Crippen LogP contribution in [0.3, 0.4) is 0 Å². The maximum absolute atomic E-state index is 10.8. The molecule has 0 aliphatic rings. The van der Waals surface area contributed by atoms with Crippen molar-refractivity contribution in [3.63, 3.8) is 0 Å². The van der Waals surface area contributed by atoms with Crippen molar-refractivity contribution in [2.45, 2.75) is 19.9 Å². The Balaban J connectivity index is 2.94. The summed E-state index contributed by atoms with van der Waals surface area (Å²) in [5, 5.41) is 23.3. The molecule has 0 bridgehead atoms. The van der Waals surface area contributed by atoms with E-state index in [9.17, 15) is 15.4 Å². The average Bonchev–Trinajstić information content (AvgIpc) is 2.55. The number of nitrogens with zero attached hydrogens (tertiary/aromatic N) is 3. The van der Waals surface area contributed by atoms with E-state index in [0.29, 0.717) is 18.2 Å². The normalized spacial score (nSPS) is 11.8. The van der Waals surface area contributed by atoms with Gasteiger partial charge in [0, 0.05) is 37.8 Å². The summed E-state index contributed by atoms with van der Waals surface area (Å²) in [5.41, 5.74) is 0.786. The Kier molecular flexibility index (Phi) is 7.66. The van der Waals surface area contributed by atoms with Gasteiger partial charge in [0.1, 0.15) is 6.07 Å². The maximum Gasteiger partial charge on any atom is 0.270 e. The zero-order valence-corrected chi connectivity index (χ0v) is 14.2. The van der Waals surface area contributed by atoms with Crippen molar-refractivity contribution in [3.05, 3.63) is 59.2 Å². The van der Waals surface area contributed by atoms with Gasteiger partial charge >= 0.3 is 0 Å².